The molecule has 1 unspecified atom stereocenters. The Morgan fingerprint density at radius 3 is 3.00 bits per heavy atom. The standard InChI is InChI=1S/C9H14N4O/c10-8-4-12-9(5-11-8)13-3-1-2-7(13)6-14/h4-5,7,14H,1-3,6H2,(H2,10,11). The third kappa shape index (κ3) is 1.63. The van der Waals surface area contributed by atoms with Crippen LogP contribution in [0, 0.1) is 0 Å². The Labute approximate surface area is 82.6 Å². The number of nitrogens with zero attached hydrogens (tertiary/aromatic N) is 3. The molecule has 0 spiro atoms. The second-order valence-corrected chi connectivity index (χ2v) is 3.47. The zero-order chi connectivity index (χ0) is 9.97. The van der Waals surface area contributed by atoms with Crippen molar-refractivity contribution in [3.8, 4) is 0 Å². The lowest BCUT2D eigenvalue weighted by Gasteiger charge is -2.23. The minimum atomic E-state index is 0.173. The van der Waals surface area contributed by atoms with Crippen molar-refractivity contribution in [2.45, 2.75) is 18.9 Å². The summed E-state index contributed by atoms with van der Waals surface area (Å²) in [5.74, 6) is 1.23. The van der Waals surface area contributed by atoms with Gasteiger partial charge >= 0.3 is 0 Å². The largest absolute Gasteiger partial charge is 0.394 e. The number of aliphatic hydroxyl groups is 1. The van der Waals surface area contributed by atoms with Crippen LogP contribution in [0.1, 0.15) is 12.8 Å². The van der Waals surface area contributed by atoms with Gasteiger partial charge < -0.3 is 15.7 Å². The molecule has 76 valence electrons. The smallest absolute Gasteiger partial charge is 0.147 e. The van der Waals surface area contributed by atoms with E-state index in [4.69, 9.17) is 10.8 Å². The molecule has 1 saturated heterocycles. The van der Waals surface area contributed by atoms with Gasteiger partial charge in [0.15, 0.2) is 0 Å². The normalized spacial score (nSPS) is 21.5. The predicted molar refractivity (Wildman–Crippen MR) is 53.9 cm³/mol. The van der Waals surface area contributed by atoms with Crippen molar-refractivity contribution in [2.75, 3.05) is 23.8 Å². The molecule has 2 rings (SSSR count). The van der Waals surface area contributed by atoms with Crippen LogP contribution in [-0.2, 0) is 0 Å². The average Bonchev–Trinajstić information content (AvgIpc) is 2.67. The summed E-state index contributed by atoms with van der Waals surface area (Å²) >= 11 is 0. The molecule has 0 radical (unpaired) electrons. The number of anilines is 2. The summed E-state index contributed by atoms with van der Waals surface area (Å²) in [5, 5.41) is 9.14. The van der Waals surface area contributed by atoms with Crippen molar-refractivity contribution >= 4 is 11.6 Å². The summed E-state index contributed by atoms with van der Waals surface area (Å²) in [5.41, 5.74) is 5.45. The van der Waals surface area contributed by atoms with Crippen LogP contribution in [0.25, 0.3) is 0 Å². The summed E-state index contributed by atoms with van der Waals surface area (Å²) < 4.78 is 0. The van der Waals surface area contributed by atoms with Crippen LogP contribution >= 0.6 is 0 Å². The molecule has 0 bridgehead atoms. The van der Waals surface area contributed by atoms with E-state index in [0.29, 0.717) is 5.82 Å². The first-order valence-electron chi connectivity index (χ1n) is 4.76. The molecule has 1 atom stereocenters. The molecule has 3 N–H and O–H groups in total. The highest BCUT2D eigenvalue weighted by atomic mass is 16.3. The maximum atomic E-state index is 9.14. The molecule has 1 aliphatic rings. The minimum absolute atomic E-state index is 0.173. The Morgan fingerprint density at radius 1 is 1.50 bits per heavy atom. The van der Waals surface area contributed by atoms with E-state index in [2.05, 4.69) is 14.9 Å². The number of aliphatic hydroxyl groups excluding tert-OH is 1. The van der Waals surface area contributed by atoms with Crippen molar-refractivity contribution < 1.29 is 5.11 Å². The number of rotatable bonds is 2. The molecule has 5 nitrogen and oxygen atoms in total. The van der Waals surface area contributed by atoms with Gasteiger partial charge in [-0.15, -0.1) is 0 Å². The third-order valence-corrected chi connectivity index (χ3v) is 2.54. The maximum absolute atomic E-state index is 9.14. The molecule has 1 fully saturated rings. The second kappa shape index (κ2) is 3.79. The van der Waals surface area contributed by atoms with E-state index in [-0.39, 0.29) is 12.6 Å². The van der Waals surface area contributed by atoms with Crippen LogP contribution in [-0.4, -0.2) is 34.3 Å². The Balaban J connectivity index is 2.17. The van der Waals surface area contributed by atoms with Gasteiger partial charge in [-0.25, -0.2) is 9.97 Å². The van der Waals surface area contributed by atoms with E-state index in [1.54, 1.807) is 12.4 Å². The quantitative estimate of drug-likeness (QED) is 0.694. The Morgan fingerprint density at radius 2 is 2.36 bits per heavy atom. The topological polar surface area (TPSA) is 75.3 Å². The lowest BCUT2D eigenvalue weighted by atomic mass is 10.2. The van der Waals surface area contributed by atoms with E-state index >= 15 is 0 Å². The minimum Gasteiger partial charge on any atom is -0.394 e. The average molecular weight is 194 g/mol. The van der Waals surface area contributed by atoms with Gasteiger partial charge in [-0.05, 0) is 12.8 Å². The molecular weight excluding hydrogens is 180 g/mol. The van der Waals surface area contributed by atoms with E-state index in [9.17, 15) is 0 Å². The molecule has 0 aliphatic carbocycles. The van der Waals surface area contributed by atoms with E-state index in [0.717, 1.165) is 25.2 Å². The molecule has 1 aliphatic heterocycles. The third-order valence-electron chi connectivity index (χ3n) is 2.54. The first-order valence-corrected chi connectivity index (χ1v) is 4.76. The fraction of sp³-hybridized carbons (Fsp3) is 0.556. The van der Waals surface area contributed by atoms with Gasteiger partial charge in [0.1, 0.15) is 11.6 Å². The number of hydrogen-bond donors (Lipinski definition) is 2. The zero-order valence-electron chi connectivity index (χ0n) is 7.93. The Bertz CT molecular complexity index is 300. The molecule has 1 aromatic heterocycles. The molecule has 0 amide bonds. The number of aromatic nitrogens is 2. The van der Waals surface area contributed by atoms with Crippen molar-refractivity contribution in [1.29, 1.82) is 0 Å². The maximum Gasteiger partial charge on any atom is 0.147 e. The molecule has 1 aromatic rings. The van der Waals surface area contributed by atoms with Gasteiger partial charge in [-0.2, -0.15) is 0 Å². The molecule has 14 heavy (non-hydrogen) atoms. The monoisotopic (exact) mass is 194 g/mol. The predicted octanol–water partition coefficient (Wildman–Crippen LogP) is 0.0199. The van der Waals surface area contributed by atoms with E-state index in [1.165, 1.54) is 0 Å². The summed E-state index contributed by atoms with van der Waals surface area (Å²) in [7, 11) is 0. The number of nitrogen functional groups attached to an aromatic ring is 1. The van der Waals surface area contributed by atoms with Gasteiger partial charge in [-0.3, -0.25) is 0 Å². The fourth-order valence-corrected chi connectivity index (χ4v) is 1.81. The van der Waals surface area contributed by atoms with Gasteiger partial charge in [0.2, 0.25) is 0 Å². The first kappa shape index (κ1) is 9.21. The summed E-state index contributed by atoms with van der Waals surface area (Å²) in [4.78, 5) is 10.2. The van der Waals surface area contributed by atoms with E-state index in [1.807, 2.05) is 0 Å². The fourth-order valence-electron chi connectivity index (χ4n) is 1.81. The highest BCUT2D eigenvalue weighted by Gasteiger charge is 2.24. The van der Waals surface area contributed by atoms with Crippen molar-refractivity contribution in [3.63, 3.8) is 0 Å². The summed E-state index contributed by atoms with van der Waals surface area (Å²) in [6, 6.07) is 0.188. The van der Waals surface area contributed by atoms with Crippen LogP contribution in [0.4, 0.5) is 11.6 Å². The van der Waals surface area contributed by atoms with E-state index < -0.39 is 0 Å². The summed E-state index contributed by atoms with van der Waals surface area (Å²) in [6.45, 7) is 1.11. The summed E-state index contributed by atoms with van der Waals surface area (Å²) in [6.07, 6.45) is 5.31. The zero-order valence-corrected chi connectivity index (χ0v) is 7.93. The molecular formula is C9H14N4O. The number of nitrogens with two attached hydrogens (primary N) is 1. The Hall–Kier alpha value is -1.36. The molecule has 0 saturated carbocycles. The van der Waals surface area contributed by atoms with Gasteiger partial charge in [0, 0.05) is 6.54 Å². The highest BCUT2D eigenvalue weighted by Crippen LogP contribution is 2.22. The highest BCUT2D eigenvalue weighted by molar-refractivity contribution is 5.41. The molecule has 5 heteroatoms. The SMILES string of the molecule is Nc1cnc(N2CCCC2CO)cn1. The van der Waals surface area contributed by atoms with Crippen molar-refractivity contribution in [2.24, 2.45) is 0 Å². The van der Waals surface area contributed by atoms with Gasteiger partial charge in [0.25, 0.3) is 0 Å². The molecule has 2 heterocycles. The van der Waals surface area contributed by atoms with Crippen LogP contribution in [0.5, 0.6) is 0 Å². The second-order valence-electron chi connectivity index (χ2n) is 3.47. The molecule has 0 aromatic carbocycles. The number of hydrogen-bond acceptors (Lipinski definition) is 5. The van der Waals surface area contributed by atoms with Crippen LogP contribution in [0.15, 0.2) is 12.4 Å². The van der Waals surface area contributed by atoms with Gasteiger partial charge in [-0.1, -0.05) is 0 Å². The first-order chi connectivity index (χ1) is 6.81. The Kier molecular flexibility index (Phi) is 2.49. The lowest BCUT2D eigenvalue weighted by molar-refractivity contribution is 0.266. The van der Waals surface area contributed by atoms with Crippen molar-refractivity contribution in [3.05, 3.63) is 12.4 Å². The van der Waals surface area contributed by atoms with Crippen LogP contribution in [0.2, 0.25) is 0 Å². The van der Waals surface area contributed by atoms with Crippen LogP contribution in [0.3, 0.4) is 0 Å². The van der Waals surface area contributed by atoms with Crippen molar-refractivity contribution in [1.82, 2.24) is 9.97 Å². The van der Waals surface area contributed by atoms with Gasteiger partial charge in [0.05, 0.1) is 25.0 Å². The van der Waals surface area contributed by atoms with Crippen LogP contribution < -0.4 is 10.6 Å². The lowest BCUT2D eigenvalue weighted by Crippen LogP contribution is -2.32.